The van der Waals surface area contributed by atoms with Gasteiger partial charge in [-0.2, -0.15) is 0 Å². The minimum absolute atomic E-state index is 0.270. The number of fused-ring (bicyclic) bond motifs is 3. The molecule has 0 amide bonds. The summed E-state index contributed by atoms with van der Waals surface area (Å²) in [6, 6.07) is 14.9. The van der Waals surface area contributed by atoms with Crippen molar-refractivity contribution >= 4 is 21.8 Å². The van der Waals surface area contributed by atoms with E-state index in [-0.39, 0.29) is 6.10 Å². The summed E-state index contributed by atoms with van der Waals surface area (Å²) in [5.74, 6) is 0. The number of H-pyrrole nitrogens is 1. The standard InChI is InChI=1S/C15H13NO/c1-9-15(17-9)12-7-4-6-11-10-5-2-3-8-13(10)16-14(11)12/h2-9,15-16H,1H3. The lowest BCUT2D eigenvalue weighted by Crippen LogP contribution is -1.85. The Morgan fingerprint density at radius 2 is 1.76 bits per heavy atom. The molecule has 2 aromatic carbocycles. The van der Waals surface area contributed by atoms with Crippen molar-refractivity contribution in [1.82, 2.24) is 4.98 Å². The summed E-state index contributed by atoms with van der Waals surface area (Å²) in [6.07, 6.45) is 0.624. The van der Waals surface area contributed by atoms with E-state index >= 15 is 0 Å². The van der Waals surface area contributed by atoms with E-state index in [1.807, 2.05) is 0 Å². The lowest BCUT2D eigenvalue weighted by Gasteiger charge is -1.98. The molecule has 1 N–H and O–H groups in total. The first-order chi connectivity index (χ1) is 8.34. The molecule has 1 saturated heterocycles. The third-order valence-electron chi connectivity index (χ3n) is 3.59. The van der Waals surface area contributed by atoms with E-state index in [0.717, 1.165) is 0 Å². The second kappa shape index (κ2) is 3.11. The monoisotopic (exact) mass is 223 g/mol. The number of aromatic nitrogens is 1. The van der Waals surface area contributed by atoms with Gasteiger partial charge in [0.2, 0.25) is 0 Å². The van der Waals surface area contributed by atoms with Gasteiger partial charge in [-0.3, -0.25) is 0 Å². The molecule has 1 fully saturated rings. The fourth-order valence-corrected chi connectivity index (χ4v) is 2.64. The van der Waals surface area contributed by atoms with Gasteiger partial charge in [0, 0.05) is 21.9 Å². The highest BCUT2D eigenvalue weighted by atomic mass is 16.6. The number of nitrogens with one attached hydrogen (secondary N) is 1. The second-order valence-electron chi connectivity index (χ2n) is 4.70. The van der Waals surface area contributed by atoms with Crippen LogP contribution in [0.3, 0.4) is 0 Å². The Hall–Kier alpha value is -1.80. The van der Waals surface area contributed by atoms with Crippen LogP contribution in [0.25, 0.3) is 21.8 Å². The topological polar surface area (TPSA) is 28.3 Å². The highest BCUT2D eigenvalue weighted by molar-refractivity contribution is 6.08. The molecule has 4 rings (SSSR count). The lowest BCUT2D eigenvalue weighted by molar-refractivity contribution is 0.384. The number of benzene rings is 2. The Morgan fingerprint density at radius 1 is 1.00 bits per heavy atom. The molecule has 2 nitrogen and oxygen atoms in total. The summed E-state index contributed by atoms with van der Waals surface area (Å²) in [5, 5.41) is 2.58. The Labute approximate surface area is 99.2 Å². The summed E-state index contributed by atoms with van der Waals surface area (Å²) in [5.41, 5.74) is 3.71. The van der Waals surface area contributed by atoms with E-state index in [2.05, 4.69) is 54.4 Å². The zero-order valence-electron chi connectivity index (χ0n) is 9.60. The van der Waals surface area contributed by atoms with Crippen LogP contribution in [0.2, 0.25) is 0 Å². The van der Waals surface area contributed by atoms with Crippen molar-refractivity contribution < 1.29 is 4.74 Å². The first kappa shape index (κ1) is 9.25. The van der Waals surface area contributed by atoms with E-state index in [1.165, 1.54) is 27.4 Å². The SMILES string of the molecule is CC1OC1c1cccc2c1[nH]c1ccccc12. The van der Waals surface area contributed by atoms with Gasteiger partial charge in [0.15, 0.2) is 0 Å². The minimum atomic E-state index is 0.270. The molecule has 1 aromatic heterocycles. The first-order valence-corrected chi connectivity index (χ1v) is 5.99. The van der Waals surface area contributed by atoms with Crippen LogP contribution in [0.5, 0.6) is 0 Å². The van der Waals surface area contributed by atoms with E-state index in [4.69, 9.17) is 4.74 Å². The molecule has 0 bridgehead atoms. The summed E-state index contributed by atoms with van der Waals surface area (Å²) in [4.78, 5) is 3.51. The zero-order chi connectivity index (χ0) is 11.4. The Balaban J connectivity index is 2.09. The third kappa shape index (κ3) is 1.25. The molecular weight excluding hydrogens is 210 g/mol. The molecule has 0 saturated carbocycles. The maximum absolute atomic E-state index is 5.59. The van der Waals surface area contributed by atoms with Crippen LogP contribution in [0.1, 0.15) is 18.6 Å². The van der Waals surface area contributed by atoms with E-state index in [1.54, 1.807) is 0 Å². The Morgan fingerprint density at radius 3 is 2.59 bits per heavy atom. The molecule has 3 aromatic rings. The molecule has 0 aliphatic carbocycles. The molecule has 1 aliphatic heterocycles. The van der Waals surface area contributed by atoms with E-state index < -0.39 is 0 Å². The number of hydrogen-bond acceptors (Lipinski definition) is 1. The van der Waals surface area contributed by atoms with Gasteiger partial charge in [0.1, 0.15) is 6.10 Å². The zero-order valence-corrected chi connectivity index (χ0v) is 9.60. The predicted octanol–water partition coefficient (Wildman–Crippen LogP) is 3.78. The van der Waals surface area contributed by atoms with E-state index in [0.29, 0.717) is 6.10 Å². The normalized spacial score (nSPS) is 23.4. The van der Waals surface area contributed by atoms with Crippen LogP contribution < -0.4 is 0 Å². The fraction of sp³-hybridized carbons (Fsp3) is 0.200. The maximum atomic E-state index is 5.59. The highest BCUT2D eigenvalue weighted by Gasteiger charge is 2.37. The van der Waals surface area contributed by atoms with Crippen LogP contribution >= 0.6 is 0 Å². The van der Waals surface area contributed by atoms with Gasteiger partial charge in [-0.1, -0.05) is 36.4 Å². The number of para-hydroxylation sites is 2. The summed E-state index contributed by atoms with van der Waals surface area (Å²) in [6.45, 7) is 2.12. The number of rotatable bonds is 1. The molecular formula is C15H13NO. The quantitative estimate of drug-likeness (QED) is 0.625. The summed E-state index contributed by atoms with van der Waals surface area (Å²) < 4.78 is 5.59. The largest absolute Gasteiger partial charge is 0.365 e. The van der Waals surface area contributed by atoms with Gasteiger partial charge in [0.25, 0.3) is 0 Å². The molecule has 1 aliphatic rings. The Bertz CT molecular complexity index is 713. The second-order valence-corrected chi connectivity index (χ2v) is 4.70. The van der Waals surface area contributed by atoms with Gasteiger partial charge in [-0.25, -0.2) is 0 Å². The first-order valence-electron chi connectivity index (χ1n) is 5.99. The van der Waals surface area contributed by atoms with Gasteiger partial charge in [-0.05, 0) is 13.0 Å². The fourth-order valence-electron chi connectivity index (χ4n) is 2.64. The maximum Gasteiger partial charge on any atom is 0.111 e. The minimum Gasteiger partial charge on any atom is -0.365 e. The van der Waals surface area contributed by atoms with Crippen molar-refractivity contribution in [2.75, 3.05) is 0 Å². The molecule has 2 unspecified atom stereocenters. The molecule has 17 heavy (non-hydrogen) atoms. The van der Waals surface area contributed by atoms with Gasteiger partial charge >= 0.3 is 0 Å². The van der Waals surface area contributed by atoms with Gasteiger partial charge in [-0.15, -0.1) is 0 Å². The van der Waals surface area contributed by atoms with Crippen LogP contribution in [-0.4, -0.2) is 11.1 Å². The molecule has 0 radical (unpaired) electrons. The van der Waals surface area contributed by atoms with Crippen molar-refractivity contribution in [1.29, 1.82) is 0 Å². The number of hydrogen-bond donors (Lipinski definition) is 1. The van der Waals surface area contributed by atoms with Crippen LogP contribution in [0.15, 0.2) is 42.5 Å². The predicted molar refractivity (Wildman–Crippen MR) is 69.1 cm³/mol. The molecule has 2 heteroatoms. The average Bonchev–Trinajstić information content (AvgIpc) is 2.96. The van der Waals surface area contributed by atoms with Crippen LogP contribution in [-0.2, 0) is 4.74 Å². The van der Waals surface area contributed by atoms with Crippen molar-refractivity contribution in [3.8, 4) is 0 Å². The van der Waals surface area contributed by atoms with Crippen molar-refractivity contribution in [3.05, 3.63) is 48.0 Å². The average molecular weight is 223 g/mol. The van der Waals surface area contributed by atoms with Crippen molar-refractivity contribution in [3.63, 3.8) is 0 Å². The van der Waals surface area contributed by atoms with Gasteiger partial charge in [0.05, 0.1) is 11.6 Å². The van der Waals surface area contributed by atoms with Gasteiger partial charge < -0.3 is 9.72 Å². The summed E-state index contributed by atoms with van der Waals surface area (Å²) >= 11 is 0. The van der Waals surface area contributed by atoms with Crippen LogP contribution in [0, 0.1) is 0 Å². The number of epoxide rings is 1. The lowest BCUT2D eigenvalue weighted by atomic mass is 10.1. The molecule has 0 spiro atoms. The molecule has 2 atom stereocenters. The van der Waals surface area contributed by atoms with Crippen molar-refractivity contribution in [2.24, 2.45) is 0 Å². The molecule has 84 valence electrons. The Kier molecular flexibility index (Phi) is 1.69. The third-order valence-corrected chi connectivity index (χ3v) is 3.59. The number of aromatic amines is 1. The molecule has 2 heterocycles. The smallest absolute Gasteiger partial charge is 0.111 e. The van der Waals surface area contributed by atoms with E-state index in [9.17, 15) is 0 Å². The summed E-state index contributed by atoms with van der Waals surface area (Å²) in [7, 11) is 0. The highest BCUT2D eigenvalue weighted by Crippen LogP contribution is 2.42. The number of ether oxygens (including phenoxy) is 1. The van der Waals surface area contributed by atoms with Crippen LogP contribution in [0.4, 0.5) is 0 Å². The van der Waals surface area contributed by atoms with Crippen molar-refractivity contribution in [2.45, 2.75) is 19.1 Å².